The normalized spacial score (nSPS) is 11.4. The zero-order valence-corrected chi connectivity index (χ0v) is 12.2. The van der Waals surface area contributed by atoms with E-state index in [4.69, 9.17) is 11.6 Å². The van der Waals surface area contributed by atoms with Crippen molar-refractivity contribution in [3.63, 3.8) is 0 Å². The minimum absolute atomic E-state index is 0.154. The molecule has 0 radical (unpaired) electrons. The lowest BCUT2D eigenvalue weighted by atomic mass is 10.1. The Kier molecular flexibility index (Phi) is 4.52. The lowest BCUT2D eigenvalue weighted by Crippen LogP contribution is -2.39. The summed E-state index contributed by atoms with van der Waals surface area (Å²) in [6, 6.07) is 1.61. The van der Waals surface area contributed by atoms with Gasteiger partial charge in [-0.15, -0.1) is 0 Å². The third kappa shape index (κ3) is 4.26. The Morgan fingerprint density at radius 1 is 1.65 bits per heavy atom. The molecule has 94 valence electrons. The molecule has 0 aliphatic heterocycles. The van der Waals surface area contributed by atoms with Crippen LogP contribution < -0.4 is 0 Å². The molecule has 1 rings (SSSR count). The summed E-state index contributed by atoms with van der Waals surface area (Å²) in [7, 11) is 1.61. The molecule has 0 spiro atoms. The van der Waals surface area contributed by atoms with Crippen LogP contribution in [0.25, 0.3) is 0 Å². The fourth-order valence-corrected chi connectivity index (χ4v) is 1.95. The maximum absolute atomic E-state index is 12.1. The van der Waals surface area contributed by atoms with Crippen LogP contribution in [0.5, 0.6) is 0 Å². The van der Waals surface area contributed by atoms with E-state index in [1.165, 1.54) is 11.1 Å². The van der Waals surface area contributed by atoms with Crippen LogP contribution >= 0.6 is 27.5 Å². The molecule has 0 atom stereocenters. The number of likely N-dealkylation sites (N-methyl/N-ethyl adjacent to an activating group) is 1. The molecule has 0 saturated heterocycles. The number of hydrogen-bond donors (Lipinski definition) is 1. The summed E-state index contributed by atoms with van der Waals surface area (Å²) in [5.74, 6) is -0.272. The summed E-state index contributed by atoms with van der Waals surface area (Å²) in [5, 5.41) is 9.81. The van der Waals surface area contributed by atoms with Crippen molar-refractivity contribution in [2.45, 2.75) is 19.4 Å². The summed E-state index contributed by atoms with van der Waals surface area (Å²) >= 11 is 9.10. The van der Waals surface area contributed by atoms with Crippen molar-refractivity contribution < 1.29 is 9.90 Å². The molecular weight excluding hydrogens is 307 g/mol. The zero-order chi connectivity index (χ0) is 13.2. The van der Waals surface area contributed by atoms with E-state index < -0.39 is 5.60 Å². The molecule has 1 amide bonds. The Bertz CT molecular complexity index is 432. The third-order valence-corrected chi connectivity index (χ3v) is 2.74. The number of aromatic nitrogens is 1. The number of carbonyl (C=O) groups is 1. The second-order valence-electron chi connectivity index (χ2n) is 4.47. The van der Waals surface area contributed by atoms with E-state index in [1.54, 1.807) is 27.0 Å². The number of carbonyl (C=O) groups excluding carboxylic acids is 1. The molecule has 17 heavy (non-hydrogen) atoms. The van der Waals surface area contributed by atoms with E-state index in [-0.39, 0.29) is 17.6 Å². The second kappa shape index (κ2) is 5.33. The fraction of sp³-hybridized carbons (Fsp3) is 0.455. The first-order valence-corrected chi connectivity index (χ1v) is 6.17. The molecule has 0 saturated carbocycles. The van der Waals surface area contributed by atoms with Crippen molar-refractivity contribution in [1.29, 1.82) is 0 Å². The zero-order valence-electron chi connectivity index (χ0n) is 9.87. The quantitative estimate of drug-likeness (QED) is 0.869. The number of pyridine rings is 1. The van der Waals surface area contributed by atoms with E-state index in [0.29, 0.717) is 10.0 Å². The van der Waals surface area contributed by atoms with Crippen molar-refractivity contribution >= 4 is 33.4 Å². The highest BCUT2D eigenvalue weighted by Gasteiger charge is 2.22. The molecular formula is C11H14BrClN2O2. The lowest BCUT2D eigenvalue weighted by molar-refractivity contribution is 0.0367. The Labute approximate surface area is 114 Å². The highest BCUT2D eigenvalue weighted by Crippen LogP contribution is 2.20. The molecule has 4 nitrogen and oxygen atoms in total. The molecule has 0 aromatic carbocycles. The van der Waals surface area contributed by atoms with E-state index in [9.17, 15) is 9.90 Å². The predicted molar refractivity (Wildman–Crippen MR) is 70.2 cm³/mol. The van der Waals surface area contributed by atoms with Crippen LogP contribution in [0.4, 0.5) is 0 Å². The monoisotopic (exact) mass is 320 g/mol. The summed E-state index contributed by atoms with van der Waals surface area (Å²) < 4.78 is 0.682. The fourth-order valence-electron chi connectivity index (χ4n) is 1.43. The number of nitrogens with zero attached hydrogens (tertiary/aromatic N) is 2. The number of aliphatic hydroxyl groups is 1. The van der Waals surface area contributed by atoms with Gasteiger partial charge >= 0.3 is 0 Å². The average Bonchev–Trinajstić information content (AvgIpc) is 2.18. The maximum Gasteiger partial charge on any atom is 0.256 e. The number of amides is 1. The van der Waals surface area contributed by atoms with Crippen LogP contribution in [-0.4, -0.2) is 40.1 Å². The molecule has 6 heteroatoms. The summed E-state index contributed by atoms with van der Waals surface area (Å²) in [6.45, 7) is 3.49. The Morgan fingerprint density at radius 2 is 2.24 bits per heavy atom. The van der Waals surface area contributed by atoms with Crippen molar-refractivity contribution in [2.75, 3.05) is 13.6 Å². The summed E-state index contributed by atoms with van der Waals surface area (Å²) in [6.07, 6.45) is 1.52. The first kappa shape index (κ1) is 14.4. The first-order valence-electron chi connectivity index (χ1n) is 4.99. The van der Waals surface area contributed by atoms with Crippen LogP contribution in [0, 0.1) is 0 Å². The topological polar surface area (TPSA) is 53.4 Å². The van der Waals surface area contributed by atoms with Crippen molar-refractivity contribution in [3.8, 4) is 0 Å². The van der Waals surface area contributed by atoms with Crippen LogP contribution in [0.2, 0.25) is 5.15 Å². The molecule has 1 aromatic rings. The van der Waals surface area contributed by atoms with Crippen LogP contribution in [0.1, 0.15) is 24.2 Å². The summed E-state index contributed by atoms with van der Waals surface area (Å²) in [4.78, 5) is 17.4. The first-order chi connectivity index (χ1) is 7.70. The van der Waals surface area contributed by atoms with Gasteiger partial charge in [-0.05, 0) is 35.8 Å². The smallest absolute Gasteiger partial charge is 0.256 e. The molecule has 1 N–H and O–H groups in total. The van der Waals surface area contributed by atoms with Crippen LogP contribution in [0.3, 0.4) is 0 Å². The molecule has 0 fully saturated rings. The van der Waals surface area contributed by atoms with Crippen molar-refractivity contribution in [1.82, 2.24) is 9.88 Å². The van der Waals surface area contributed by atoms with Gasteiger partial charge in [-0.2, -0.15) is 0 Å². The standard InChI is InChI=1S/C11H14BrClN2O2/c1-11(2,17)6-15(3)10(16)8-4-7(12)5-14-9(8)13/h4-5,17H,6H2,1-3H3. The predicted octanol–water partition coefficient (Wildman–Crippen LogP) is 2.34. The van der Waals surface area contributed by atoms with Gasteiger partial charge in [-0.1, -0.05) is 11.6 Å². The molecule has 0 aliphatic rings. The minimum atomic E-state index is -0.948. The van der Waals surface area contributed by atoms with Gasteiger partial charge in [0.15, 0.2) is 0 Å². The molecule has 1 heterocycles. The molecule has 0 aliphatic carbocycles. The largest absolute Gasteiger partial charge is 0.389 e. The van der Waals surface area contributed by atoms with Gasteiger partial charge < -0.3 is 10.0 Å². The van der Waals surface area contributed by atoms with Crippen molar-refractivity contribution in [3.05, 3.63) is 27.5 Å². The van der Waals surface area contributed by atoms with E-state index >= 15 is 0 Å². The van der Waals surface area contributed by atoms with Gasteiger partial charge in [0.2, 0.25) is 0 Å². The Morgan fingerprint density at radius 3 is 2.76 bits per heavy atom. The van der Waals surface area contributed by atoms with Gasteiger partial charge in [0.05, 0.1) is 11.2 Å². The Balaban J connectivity index is 2.93. The number of hydrogen-bond acceptors (Lipinski definition) is 3. The lowest BCUT2D eigenvalue weighted by Gasteiger charge is -2.25. The van der Waals surface area contributed by atoms with Crippen molar-refractivity contribution in [2.24, 2.45) is 0 Å². The Hall–Kier alpha value is -0.650. The van der Waals surface area contributed by atoms with Gasteiger partial charge in [0.25, 0.3) is 5.91 Å². The SMILES string of the molecule is CN(CC(C)(C)O)C(=O)c1cc(Br)cnc1Cl. The van der Waals surface area contributed by atoms with Gasteiger partial charge in [0, 0.05) is 24.3 Å². The molecule has 0 bridgehead atoms. The minimum Gasteiger partial charge on any atom is -0.389 e. The molecule has 1 aromatic heterocycles. The summed E-state index contributed by atoms with van der Waals surface area (Å²) in [5.41, 5.74) is -0.635. The maximum atomic E-state index is 12.1. The van der Waals surface area contributed by atoms with Gasteiger partial charge in [-0.25, -0.2) is 4.98 Å². The van der Waals surface area contributed by atoms with Crippen LogP contribution in [-0.2, 0) is 0 Å². The second-order valence-corrected chi connectivity index (χ2v) is 5.74. The third-order valence-electron chi connectivity index (χ3n) is 2.01. The number of rotatable bonds is 3. The van der Waals surface area contributed by atoms with Gasteiger partial charge in [-0.3, -0.25) is 4.79 Å². The average molecular weight is 322 g/mol. The van der Waals surface area contributed by atoms with Crippen LogP contribution in [0.15, 0.2) is 16.7 Å². The molecule has 0 unspecified atom stereocenters. The number of halogens is 2. The highest BCUT2D eigenvalue weighted by atomic mass is 79.9. The van der Waals surface area contributed by atoms with E-state index in [2.05, 4.69) is 20.9 Å². The highest BCUT2D eigenvalue weighted by molar-refractivity contribution is 9.10. The van der Waals surface area contributed by atoms with Gasteiger partial charge in [0.1, 0.15) is 5.15 Å². The van der Waals surface area contributed by atoms with E-state index in [1.807, 2.05) is 0 Å². The van der Waals surface area contributed by atoms with E-state index in [0.717, 1.165) is 0 Å².